The minimum Gasteiger partial charge on any atom is -0.391 e. The highest BCUT2D eigenvalue weighted by Gasteiger charge is 2.22. The Morgan fingerprint density at radius 2 is 1.88 bits per heavy atom. The van der Waals surface area contributed by atoms with Gasteiger partial charge in [0.1, 0.15) is 5.75 Å². The van der Waals surface area contributed by atoms with Crippen molar-refractivity contribution in [3.63, 3.8) is 0 Å². The average molecular weight is 266 g/mol. The molecule has 1 heterocycles. The maximum atomic E-state index is 10.5. The van der Waals surface area contributed by atoms with Crippen LogP contribution in [0.4, 0.5) is 0 Å². The first-order valence-electron chi connectivity index (χ1n) is 5.22. The minimum atomic E-state index is -4.14. The molecular weight excluding hydrogens is 248 g/mol. The number of rotatable bonds is 4. The molecule has 9 heteroatoms. The number of β-amino-alcohol motifs (C(OH)–C–C–N with tert-alkyl or cyclic N) is 1. The molecule has 100 valence electrons. The summed E-state index contributed by atoms with van der Waals surface area (Å²) < 4.78 is 29.7. The van der Waals surface area contributed by atoms with Crippen molar-refractivity contribution < 1.29 is 18.1 Å². The highest BCUT2D eigenvalue weighted by molar-refractivity contribution is 7.85. The van der Waals surface area contributed by atoms with Gasteiger partial charge in [0.15, 0.2) is 5.96 Å². The van der Waals surface area contributed by atoms with Gasteiger partial charge < -0.3 is 15.7 Å². The molecule has 0 aromatic rings. The number of nitrogens with two attached hydrogens (primary N) is 1. The fourth-order valence-corrected chi connectivity index (χ4v) is 2.36. The molecule has 1 unspecified atom stereocenters. The number of aliphatic hydroxyl groups excluding tert-OH is 1. The van der Waals surface area contributed by atoms with Gasteiger partial charge in [-0.1, -0.05) is 0 Å². The Morgan fingerprint density at radius 1 is 1.35 bits per heavy atom. The third kappa shape index (κ3) is 5.31. The van der Waals surface area contributed by atoms with E-state index in [1.54, 1.807) is 4.90 Å². The number of guanidine groups is 1. The Labute approximate surface area is 100 Å². The third-order valence-electron chi connectivity index (χ3n) is 2.58. The van der Waals surface area contributed by atoms with E-state index in [2.05, 4.69) is 0 Å². The zero-order valence-electron chi connectivity index (χ0n) is 9.41. The highest BCUT2D eigenvalue weighted by Crippen LogP contribution is 2.03. The first kappa shape index (κ1) is 14.2. The van der Waals surface area contributed by atoms with Gasteiger partial charge in [0.05, 0.1) is 6.10 Å². The largest absolute Gasteiger partial charge is 0.391 e. The molecule has 0 aromatic carbocycles. The molecule has 0 aromatic heterocycles. The van der Waals surface area contributed by atoms with Crippen LogP contribution in [0.15, 0.2) is 0 Å². The van der Waals surface area contributed by atoms with Gasteiger partial charge in [0.25, 0.3) is 10.1 Å². The van der Waals surface area contributed by atoms with Gasteiger partial charge in [-0.25, -0.2) is 0 Å². The summed E-state index contributed by atoms with van der Waals surface area (Å²) in [4.78, 5) is 3.57. The summed E-state index contributed by atoms with van der Waals surface area (Å²) in [5.74, 6) is -0.636. The summed E-state index contributed by atoms with van der Waals surface area (Å²) in [6, 6.07) is 0. The Balaban J connectivity index is 2.33. The smallest absolute Gasteiger partial charge is 0.267 e. The molecule has 1 rings (SSSR count). The van der Waals surface area contributed by atoms with Gasteiger partial charge >= 0.3 is 0 Å². The molecule has 0 radical (unpaired) electrons. The van der Waals surface area contributed by atoms with Gasteiger partial charge in [-0.2, -0.15) is 8.42 Å². The Morgan fingerprint density at radius 3 is 2.29 bits per heavy atom. The van der Waals surface area contributed by atoms with E-state index >= 15 is 0 Å². The van der Waals surface area contributed by atoms with Crippen LogP contribution >= 0.6 is 0 Å². The second kappa shape index (κ2) is 5.63. The zero-order valence-corrected chi connectivity index (χ0v) is 10.2. The molecule has 17 heavy (non-hydrogen) atoms. The van der Waals surface area contributed by atoms with E-state index in [-0.39, 0.29) is 12.5 Å². The molecule has 5 N–H and O–H groups in total. The molecule has 0 bridgehead atoms. The quantitative estimate of drug-likeness (QED) is 0.257. The molecule has 0 amide bonds. The van der Waals surface area contributed by atoms with Crippen molar-refractivity contribution in [2.24, 2.45) is 5.73 Å². The first-order chi connectivity index (χ1) is 7.78. The monoisotopic (exact) mass is 266 g/mol. The standard InChI is InChI=1S/C8H18N4O4S/c9-8(10)12-3-1-11(2-4-12)5-7(13)6-17(14,15)16/h7,13H,1-6H2,(H3,9,10)(H,14,15,16). The van der Waals surface area contributed by atoms with Crippen molar-refractivity contribution in [3.8, 4) is 0 Å². The molecule has 1 fully saturated rings. The van der Waals surface area contributed by atoms with Crippen LogP contribution in [0.1, 0.15) is 0 Å². The van der Waals surface area contributed by atoms with Gasteiger partial charge in [-0.05, 0) is 0 Å². The molecular formula is C8H18N4O4S. The van der Waals surface area contributed by atoms with E-state index in [9.17, 15) is 13.5 Å². The van der Waals surface area contributed by atoms with Crippen molar-refractivity contribution in [2.75, 3.05) is 38.5 Å². The first-order valence-corrected chi connectivity index (χ1v) is 6.83. The van der Waals surface area contributed by atoms with Gasteiger partial charge in [-0.3, -0.25) is 14.9 Å². The van der Waals surface area contributed by atoms with E-state index in [0.717, 1.165) is 0 Å². The summed E-state index contributed by atoms with van der Waals surface area (Å²) in [7, 11) is -4.14. The van der Waals surface area contributed by atoms with Crippen molar-refractivity contribution >= 4 is 16.1 Å². The van der Waals surface area contributed by atoms with Crippen LogP contribution < -0.4 is 5.73 Å². The second-order valence-corrected chi connectivity index (χ2v) is 5.57. The van der Waals surface area contributed by atoms with Crippen molar-refractivity contribution in [3.05, 3.63) is 0 Å². The van der Waals surface area contributed by atoms with Crippen molar-refractivity contribution in [2.45, 2.75) is 6.10 Å². The lowest BCUT2D eigenvalue weighted by Gasteiger charge is -2.35. The molecule has 1 aliphatic heterocycles. The zero-order chi connectivity index (χ0) is 13.1. The Hall–Kier alpha value is -0.900. The predicted octanol–water partition coefficient (Wildman–Crippen LogP) is -2.25. The van der Waals surface area contributed by atoms with Gasteiger partial charge in [-0.15, -0.1) is 0 Å². The lowest BCUT2D eigenvalue weighted by Crippen LogP contribution is -2.52. The number of hydrogen-bond donors (Lipinski definition) is 4. The van der Waals surface area contributed by atoms with E-state index in [1.807, 2.05) is 4.90 Å². The second-order valence-electron chi connectivity index (χ2n) is 4.08. The van der Waals surface area contributed by atoms with Crippen LogP contribution in [-0.2, 0) is 10.1 Å². The summed E-state index contributed by atoms with van der Waals surface area (Å²) in [6.07, 6.45) is -1.10. The topological polar surface area (TPSA) is 131 Å². The number of piperazine rings is 1. The molecule has 8 nitrogen and oxygen atoms in total. The lowest BCUT2D eigenvalue weighted by molar-refractivity contribution is 0.101. The average Bonchev–Trinajstić information content (AvgIpc) is 2.15. The van der Waals surface area contributed by atoms with Gasteiger partial charge in [0.2, 0.25) is 0 Å². The minimum absolute atomic E-state index is 0.0168. The number of nitrogens with zero attached hydrogens (tertiary/aromatic N) is 2. The van der Waals surface area contributed by atoms with Crippen LogP contribution in [-0.4, -0.2) is 78.4 Å². The van der Waals surface area contributed by atoms with E-state index in [0.29, 0.717) is 26.2 Å². The highest BCUT2D eigenvalue weighted by atomic mass is 32.2. The van der Waals surface area contributed by atoms with Crippen molar-refractivity contribution in [1.82, 2.24) is 9.80 Å². The Bertz CT molecular complexity index is 364. The van der Waals surface area contributed by atoms with Crippen molar-refractivity contribution in [1.29, 1.82) is 5.41 Å². The molecule has 0 spiro atoms. The summed E-state index contributed by atoms with van der Waals surface area (Å²) in [6.45, 7) is 2.54. The summed E-state index contributed by atoms with van der Waals surface area (Å²) >= 11 is 0. The lowest BCUT2D eigenvalue weighted by atomic mass is 10.3. The van der Waals surface area contributed by atoms with Crippen LogP contribution in [0.2, 0.25) is 0 Å². The van der Waals surface area contributed by atoms with E-state index in [4.69, 9.17) is 15.7 Å². The third-order valence-corrected chi connectivity index (χ3v) is 3.39. The van der Waals surface area contributed by atoms with E-state index in [1.165, 1.54) is 0 Å². The Kier molecular flexibility index (Phi) is 4.69. The maximum Gasteiger partial charge on any atom is 0.267 e. The molecule has 1 saturated heterocycles. The SMILES string of the molecule is N=C(N)N1CCN(CC(O)CS(=O)(=O)O)CC1. The molecule has 1 aliphatic rings. The maximum absolute atomic E-state index is 10.5. The van der Waals surface area contributed by atoms with E-state index < -0.39 is 22.0 Å². The van der Waals surface area contributed by atoms with Crippen LogP contribution in [0.25, 0.3) is 0 Å². The number of nitrogens with one attached hydrogen (secondary N) is 1. The molecule has 1 atom stereocenters. The number of aliphatic hydroxyl groups is 1. The predicted molar refractivity (Wildman–Crippen MR) is 62.3 cm³/mol. The van der Waals surface area contributed by atoms with Crippen LogP contribution in [0.5, 0.6) is 0 Å². The number of hydrogen-bond acceptors (Lipinski definition) is 5. The van der Waals surface area contributed by atoms with Gasteiger partial charge in [0, 0.05) is 32.7 Å². The van der Waals surface area contributed by atoms with Crippen LogP contribution in [0.3, 0.4) is 0 Å². The molecule has 0 saturated carbocycles. The molecule has 0 aliphatic carbocycles. The fraction of sp³-hybridized carbons (Fsp3) is 0.875. The summed E-state index contributed by atoms with van der Waals surface area (Å²) in [5, 5.41) is 16.7. The fourth-order valence-electron chi connectivity index (χ4n) is 1.77. The van der Waals surface area contributed by atoms with Crippen LogP contribution in [0, 0.1) is 5.41 Å². The summed E-state index contributed by atoms with van der Waals surface area (Å²) in [5.41, 5.74) is 5.33. The normalized spacial score (nSPS) is 20.2.